The molecule has 0 radical (unpaired) electrons. The topological polar surface area (TPSA) is 71.1 Å². The summed E-state index contributed by atoms with van der Waals surface area (Å²) in [6.07, 6.45) is 0. The molecule has 106 valence electrons. The maximum atomic E-state index is 8.77. The summed E-state index contributed by atoms with van der Waals surface area (Å²) in [6, 6.07) is 5.61. The van der Waals surface area contributed by atoms with Gasteiger partial charge in [-0.3, -0.25) is 0 Å². The Bertz CT molecular complexity index is 429. The molecule has 0 heterocycles. The highest BCUT2D eigenvalue weighted by atomic mass is 16.5. The van der Waals surface area contributed by atoms with Gasteiger partial charge in [-0.2, -0.15) is 0 Å². The Morgan fingerprint density at radius 3 is 2.63 bits per heavy atom. The molecule has 0 saturated heterocycles. The number of hydrogen-bond acceptors (Lipinski definition) is 4. The summed E-state index contributed by atoms with van der Waals surface area (Å²) >= 11 is 0. The third kappa shape index (κ3) is 4.44. The van der Waals surface area contributed by atoms with E-state index in [1.165, 1.54) is 0 Å². The molecular formula is C14H23N3O2. The third-order valence-corrected chi connectivity index (χ3v) is 3.08. The fraction of sp³-hybridized carbons (Fsp3) is 0.500. The predicted octanol–water partition coefficient (Wildman–Crippen LogP) is 1.81. The lowest BCUT2D eigenvalue weighted by Crippen LogP contribution is -2.28. The van der Waals surface area contributed by atoms with Gasteiger partial charge in [0.25, 0.3) is 0 Å². The Kier molecular flexibility index (Phi) is 6.15. The average Bonchev–Trinajstić information content (AvgIpc) is 2.43. The minimum absolute atomic E-state index is 0.0674. The number of hydrogen-bond donors (Lipinski definition) is 2. The highest BCUT2D eigenvalue weighted by Gasteiger charge is 2.09. The third-order valence-electron chi connectivity index (χ3n) is 3.08. The van der Waals surface area contributed by atoms with Gasteiger partial charge in [-0.15, -0.1) is 0 Å². The second-order valence-electron chi connectivity index (χ2n) is 4.36. The Morgan fingerprint density at radius 1 is 1.37 bits per heavy atom. The van der Waals surface area contributed by atoms with Crippen LogP contribution in [0.1, 0.15) is 25.0 Å². The smallest absolute Gasteiger partial charge is 0.173 e. The van der Waals surface area contributed by atoms with Gasteiger partial charge in [-0.1, -0.05) is 25.1 Å². The van der Waals surface area contributed by atoms with Crippen LogP contribution in [0.15, 0.2) is 23.4 Å². The summed E-state index contributed by atoms with van der Waals surface area (Å²) in [6.45, 7) is 9.66. The van der Waals surface area contributed by atoms with Crippen LogP contribution in [-0.4, -0.2) is 42.2 Å². The molecular weight excluding hydrogens is 242 g/mol. The monoisotopic (exact) mass is 265 g/mol. The van der Waals surface area contributed by atoms with Gasteiger partial charge in [-0.25, -0.2) is 0 Å². The first-order chi connectivity index (χ1) is 9.12. The summed E-state index contributed by atoms with van der Waals surface area (Å²) in [5.74, 6) is 0.722. The molecule has 0 saturated carbocycles. The fourth-order valence-corrected chi connectivity index (χ4v) is 1.84. The maximum Gasteiger partial charge on any atom is 0.173 e. The van der Waals surface area contributed by atoms with Crippen molar-refractivity contribution >= 4 is 5.84 Å². The molecule has 1 aromatic rings. The number of amidine groups is 1. The van der Waals surface area contributed by atoms with Gasteiger partial charge < -0.3 is 20.6 Å². The van der Waals surface area contributed by atoms with Crippen LogP contribution in [0, 0.1) is 6.92 Å². The Balaban J connectivity index is 2.74. The summed E-state index contributed by atoms with van der Waals surface area (Å²) < 4.78 is 5.76. The quantitative estimate of drug-likeness (QED) is 0.341. The first-order valence-electron chi connectivity index (χ1n) is 6.56. The Hall–Kier alpha value is -1.75. The van der Waals surface area contributed by atoms with E-state index < -0.39 is 0 Å². The Labute approximate surface area is 114 Å². The van der Waals surface area contributed by atoms with Crippen LogP contribution >= 0.6 is 0 Å². The van der Waals surface area contributed by atoms with Crippen LogP contribution in [0.2, 0.25) is 0 Å². The van der Waals surface area contributed by atoms with E-state index in [0.29, 0.717) is 17.9 Å². The van der Waals surface area contributed by atoms with Gasteiger partial charge in [-0.05, 0) is 37.7 Å². The molecule has 0 aliphatic rings. The van der Waals surface area contributed by atoms with E-state index >= 15 is 0 Å². The first kappa shape index (κ1) is 15.3. The van der Waals surface area contributed by atoms with Gasteiger partial charge in [0.1, 0.15) is 12.4 Å². The zero-order valence-corrected chi connectivity index (χ0v) is 11.9. The van der Waals surface area contributed by atoms with Gasteiger partial charge in [0.15, 0.2) is 5.84 Å². The molecule has 0 unspecified atom stereocenters. The highest BCUT2D eigenvalue weighted by Crippen LogP contribution is 2.20. The second-order valence-corrected chi connectivity index (χ2v) is 4.36. The number of nitrogens with two attached hydrogens (primary N) is 1. The van der Waals surface area contributed by atoms with Gasteiger partial charge in [0.05, 0.1) is 5.56 Å². The normalized spacial score (nSPS) is 11.9. The molecule has 0 fully saturated rings. The van der Waals surface area contributed by atoms with Crippen LogP contribution < -0.4 is 10.5 Å². The first-order valence-corrected chi connectivity index (χ1v) is 6.56. The minimum atomic E-state index is 0.0674. The van der Waals surface area contributed by atoms with Crippen molar-refractivity contribution in [1.29, 1.82) is 0 Å². The summed E-state index contributed by atoms with van der Waals surface area (Å²) in [7, 11) is 0. The largest absolute Gasteiger partial charge is 0.491 e. The van der Waals surface area contributed by atoms with Gasteiger partial charge in [0, 0.05) is 6.54 Å². The van der Waals surface area contributed by atoms with E-state index in [-0.39, 0.29) is 5.84 Å². The van der Waals surface area contributed by atoms with Crippen molar-refractivity contribution in [2.75, 3.05) is 26.2 Å². The number of oxime groups is 1. The van der Waals surface area contributed by atoms with E-state index in [0.717, 1.165) is 25.2 Å². The predicted molar refractivity (Wildman–Crippen MR) is 77.0 cm³/mol. The van der Waals surface area contributed by atoms with Gasteiger partial charge >= 0.3 is 0 Å². The highest BCUT2D eigenvalue weighted by molar-refractivity contribution is 5.99. The van der Waals surface area contributed by atoms with Crippen molar-refractivity contribution in [1.82, 2.24) is 4.90 Å². The van der Waals surface area contributed by atoms with Crippen molar-refractivity contribution in [3.63, 3.8) is 0 Å². The van der Waals surface area contributed by atoms with Crippen molar-refractivity contribution in [2.45, 2.75) is 20.8 Å². The molecule has 0 amide bonds. The molecule has 0 spiro atoms. The molecule has 0 aliphatic carbocycles. The van der Waals surface area contributed by atoms with Crippen molar-refractivity contribution < 1.29 is 9.94 Å². The molecule has 0 atom stereocenters. The Morgan fingerprint density at radius 2 is 2.05 bits per heavy atom. The van der Waals surface area contributed by atoms with Crippen LogP contribution in [-0.2, 0) is 0 Å². The average molecular weight is 265 g/mol. The van der Waals surface area contributed by atoms with E-state index in [4.69, 9.17) is 15.7 Å². The van der Waals surface area contributed by atoms with Crippen molar-refractivity contribution in [3.05, 3.63) is 29.3 Å². The van der Waals surface area contributed by atoms with Crippen LogP contribution in [0.4, 0.5) is 0 Å². The molecule has 0 aliphatic heterocycles. The lowest BCUT2D eigenvalue weighted by Gasteiger charge is -2.19. The van der Waals surface area contributed by atoms with Gasteiger partial charge in [0.2, 0.25) is 0 Å². The molecule has 5 nitrogen and oxygen atoms in total. The molecule has 1 aromatic carbocycles. The standard InChI is InChI=1S/C14H23N3O2/c1-4-17(5-2)8-9-19-13-10-11(3)6-7-12(13)14(15)16-18/h6-7,10,18H,4-5,8-9H2,1-3H3,(H2,15,16). The van der Waals surface area contributed by atoms with Crippen molar-refractivity contribution in [3.8, 4) is 5.75 Å². The lowest BCUT2D eigenvalue weighted by molar-refractivity contribution is 0.222. The zero-order valence-electron chi connectivity index (χ0n) is 11.9. The molecule has 0 bridgehead atoms. The van der Waals surface area contributed by atoms with E-state index in [1.54, 1.807) is 6.07 Å². The molecule has 5 heteroatoms. The number of benzene rings is 1. The molecule has 3 N–H and O–H groups in total. The van der Waals surface area contributed by atoms with Crippen molar-refractivity contribution in [2.24, 2.45) is 10.9 Å². The fourth-order valence-electron chi connectivity index (χ4n) is 1.84. The SMILES string of the molecule is CCN(CC)CCOc1cc(C)ccc1C(N)=NO. The lowest BCUT2D eigenvalue weighted by atomic mass is 10.1. The summed E-state index contributed by atoms with van der Waals surface area (Å²) in [4.78, 5) is 2.28. The molecule has 0 aromatic heterocycles. The molecule has 1 rings (SSSR count). The number of aryl methyl sites for hydroxylation is 1. The minimum Gasteiger partial charge on any atom is -0.491 e. The summed E-state index contributed by atoms with van der Waals surface area (Å²) in [5, 5.41) is 11.8. The maximum absolute atomic E-state index is 8.77. The summed E-state index contributed by atoms with van der Waals surface area (Å²) in [5.41, 5.74) is 7.33. The number of likely N-dealkylation sites (N-methyl/N-ethyl adjacent to an activating group) is 1. The zero-order chi connectivity index (χ0) is 14.3. The van der Waals surface area contributed by atoms with Crippen LogP contribution in [0.25, 0.3) is 0 Å². The van der Waals surface area contributed by atoms with E-state index in [9.17, 15) is 0 Å². The second kappa shape index (κ2) is 7.63. The van der Waals surface area contributed by atoms with E-state index in [1.807, 2.05) is 19.1 Å². The van der Waals surface area contributed by atoms with E-state index in [2.05, 4.69) is 23.9 Å². The number of rotatable bonds is 7. The van der Waals surface area contributed by atoms with Crippen LogP contribution in [0.3, 0.4) is 0 Å². The van der Waals surface area contributed by atoms with Crippen LogP contribution in [0.5, 0.6) is 5.75 Å². The number of nitrogens with zero attached hydrogens (tertiary/aromatic N) is 2. The molecule has 19 heavy (non-hydrogen) atoms. The number of ether oxygens (including phenoxy) is 1.